The van der Waals surface area contributed by atoms with Crippen molar-refractivity contribution in [1.82, 2.24) is 0 Å². The first-order valence-corrected chi connectivity index (χ1v) is 10.3. The van der Waals surface area contributed by atoms with Crippen molar-refractivity contribution >= 4 is 5.78 Å². The van der Waals surface area contributed by atoms with Crippen molar-refractivity contribution in [2.24, 2.45) is 5.92 Å². The number of aliphatic hydroxyl groups is 1. The first-order chi connectivity index (χ1) is 14.3. The molecule has 2 N–H and O–H groups in total. The smallest absolute Gasteiger partial charge is 0.189 e. The van der Waals surface area contributed by atoms with Crippen molar-refractivity contribution in [3.05, 3.63) is 82.7 Å². The molecule has 0 bridgehead atoms. The minimum Gasteiger partial charge on any atom is -0.508 e. The van der Waals surface area contributed by atoms with E-state index >= 15 is 0 Å². The highest BCUT2D eigenvalue weighted by Gasteiger charge is 2.17. The van der Waals surface area contributed by atoms with E-state index in [4.69, 9.17) is 4.74 Å². The molecule has 0 heterocycles. The number of rotatable bonds is 9. The number of hydrogen-bond acceptors (Lipinski definition) is 4. The van der Waals surface area contributed by atoms with E-state index in [1.54, 1.807) is 37.5 Å². The van der Waals surface area contributed by atoms with E-state index in [9.17, 15) is 15.0 Å². The van der Waals surface area contributed by atoms with Gasteiger partial charge in [-0.1, -0.05) is 35.5 Å². The molecule has 160 valence electrons. The molecular weight excluding hydrogens is 376 g/mol. The molecule has 0 spiro atoms. The largest absolute Gasteiger partial charge is 0.508 e. The lowest BCUT2D eigenvalue weighted by Gasteiger charge is -2.13. The topological polar surface area (TPSA) is 66.8 Å². The van der Waals surface area contributed by atoms with Crippen LogP contribution in [0.1, 0.15) is 56.0 Å². The summed E-state index contributed by atoms with van der Waals surface area (Å²) in [4.78, 5) is 12.7. The Balaban J connectivity index is 2.16. The van der Waals surface area contributed by atoms with Gasteiger partial charge in [-0.2, -0.15) is 0 Å². The van der Waals surface area contributed by atoms with E-state index in [0.717, 1.165) is 12.8 Å². The fraction of sp³-hybridized carbons (Fsp3) is 0.346. The van der Waals surface area contributed by atoms with Gasteiger partial charge in [-0.15, -0.1) is 0 Å². The second kappa shape index (κ2) is 11.2. The number of carbonyl (C=O) groups excluding carboxylic acids is 1. The lowest BCUT2D eigenvalue weighted by molar-refractivity contribution is 0.104. The maximum Gasteiger partial charge on any atom is 0.189 e. The van der Waals surface area contributed by atoms with Gasteiger partial charge in [0.25, 0.3) is 0 Å². The van der Waals surface area contributed by atoms with E-state index < -0.39 is 0 Å². The number of phenols is 1. The van der Waals surface area contributed by atoms with Crippen molar-refractivity contribution in [1.29, 1.82) is 0 Å². The molecule has 4 heteroatoms. The van der Waals surface area contributed by atoms with Gasteiger partial charge in [0, 0.05) is 5.56 Å². The predicted octanol–water partition coefficient (Wildman–Crippen LogP) is 6.39. The zero-order chi connectivity index (χ0) is 22.1. The third-order valence-corrected chi connectivity index (χ3v) is 5.08. The summed E-state index contributed by atoms with van der Waals surface area (Å²) in [5.41, 5.74) is 3.41. The molecule has 1 aliphatic carbocycles. The van der Waals surface area contributed by atoms with Gasteiger partial charge in [0.1, 0.15) is 17.3 Å². The lowest BCUT2D eigenvalue weighted by Crippen LogP contribution is -2.02. The van der Waals surface area contributed by atoms with Crippen LogP contribution in [0, 0.1) is 5.92 Å². The summed E-state index contributed by atoms with van der Waals surface area (Å²) in [6.45, 7) is 6.25. The minimum absolute atomic E-state index is 0.0333. The number of carbonyl (C=O) groups is 1. The second-order valence-electron chi connectivity index (χ2n) is 7.83. The summed E-state index contributed by atoms with van der Waals surface area (Å²) in [6, 6.07) is 3.32. The number of ketones is 1. The molecule has 1 aromatic rings. The molecule has 1 aliphatic rings. The zero-order valence-electron chi connectivity index (χ0n) is 18.3. The van der Waals surface area contributed by atoms with Crippen molar-refractivity contribution in [2.45, 2.75) is 46.5 Å². The van der Waals surface area contributed by atoms with Crippen LogP contribution in [0.4, 0.5) is 0 Å². The van der Waals surface area contributed by atoms with Crippen molar-refractivity contribution in [2.75, 3.05) is 7.11 Å². The quantitative estimate of drug-likeness (QED) is 0.282. The highest BCUT2D eigenvalue weighted by molar-refractivity contribution is 6.07. The van der Waals surface area contributed by atoms with Crippen LogP contribution in [0.3, 0.4) is 0 Å². The van der Waals surface area contributed by atoms with Crippen molar-refractivity contribution in [3.8, 4) is 11.5 Å². The van der Waals surface area contributed by atoms with Gasteiger partial charge in [0.05, 0.1) is 12.7 Å². The number of hydrogen-bond donors (Lipinski definition) is 2. The lowest BCUT2D eigenvalue weighted by atomic mass is 9.97. The van der Waals surface area contributed by atoms with Crippen LogP contribution in [0.25, 0.3) is 0 Å². The third kappa shape index (κ3) is 6.80. The second-order valence-corrected chi connectivity index (χ2v) is 7.83. The summed E-state index contributed by atoms with van der Waals surface area (Å²) in [5, 5.41) is 20.2. The molecule has 30 heavy (non-hydrogen) atoms. The molecule has 0 radical (unpaired) electrons. The van der Waals surface area contributed by atoms with Crippen molar-refractivity contribution < 1.29 is 19.7 Å². The highest BCUT2D eigenvalue weighted by atomic mass is 16.5. The van der Waals surface area contributed by atoms with Gasteiger partial charge in [0.15, 0.2) is 5.78 Å². The number of phenolic OH excluding ortho intramolecular Hbond substituents is 1. The standard InChI is InChI=1S/C26H32O4/c1-18(2)6-5-7-19(3)8-14-23-25(30-4)17-15-22(26(23)29)24(28)16-11-20-9-12-21(27)13-10-20/h6,8-9,11-13,15-17,20,27,29H,5,7,10,14H2,1-4H3/b16-11?,19-8+. The van der Waals surface area contributed by atoms with Crippen molar-refractivity contribution in [3.63, 3.8) is 0 Å². The molecule has 0 aliphatic heterocycles. The van der Waals surface area contributed by atoms with E-state index in [1.807, 2.05) is 6.08 Å². The SMILES string of the molecule is COc1ccc(C(=O)C=CC2C=CC(O)=CC2)c(O)c1C/C=C(\C)CCC=C(C)C. The van der Waals surface area contributed by atoms with Gasteiger partial charge in [0.2, 0.25) is 0 Å². The molecule has 1 atom stereocenters. The summed E-state index contributed by atoms with van der Waals surface area (Å²) < 4.78 is 5.40. The van der Waals surface area contributed by atoms with Crippen LogP contribution >= 0.6 is 0 Å². The Morgan fingerprint density at radius 2 is 1.97 bits per heavy atom. The van der Waals surface area contributed by atoms with Gasteiger partial charge < -0.3 is 14.9 Å². The monoisotopic (exact) mass is 408 g/mol. The number of methoxy groups -OCH3 is 1. The van der Waals surface area contributed by atoms with Crippen LogP contribution in [-0.4, -0.2) is 23.1 Å². The maximum atomic E-state index is 12.7. The molecule has 2 rings (SSSR count). The molecule has 0 fully saturated rings. The first kappa shape index (κ1) is 23.3. The van der Waals surface area contributed by atoms with Crippen LogP contribution < -0.4 is 4.74 Å². The minimum atomic E-state index is -0.257. The highest BCUT2D eigenvalue weighted by Crippen LogP contribution is 2.33. The van der Waals surface area contributed by atoms with Gasteiger partial charge in [-0.25, -0.2) is 0 Å². The molecule has 1 unspecified atom stereocenters. The van der Waals surface area contributed by atoms with E-state index in [-0.39, 0.29) is 28.8 Å². The Morgan fingerprint density at radius 3 is 2.60 bits per heavy atom. The van der Waals surface area contributed by atoms with Crippen LogP contribution in [0.5, 0.6) is 11.5 Å². The van der Waals surface area contributed by atoms with Crippen LogP contribution in [0.15, 0.2) is 71.6 Å². The van der Waals surface area contributed by atoms with Gasteiger partial charge in [-0.3, -0.25) is 4.79 Å². The summed E-state index contributed by atoms with van der Waals surface area (Å²) >= 11 is 0. The maximum absolute atomic E-state index is 12.7. The van der Waals surface area contributed by atoms with Crippen LogP contribution in [0.2, 0.25) is 0 Å². The fourth-order valence-electron chi connectivity index (χ4n) is 3.24. The molecule has 0 saturated heterocycles. The molecule has 0 aromatic heterocycles. The number of allylic oxidation sites excluding steroid dienone is 9. The van der Waals surface area contributed by atoms with Gasteiger partial charge in [-0.05, 0) is 82.7 Å². The average Bonchev–Trinajstić information content (AvgIpc) is 2.71. The zero-order valence-corrected chi connectivity index (χ0v) is 18.3. The Morgan fingerprint density at radius 1 is 1.20 bits per heavy atom. The summed E-state index contributed by atoms with van der Waals surface area (Å²) in [5.74, 6) is 0.572. The number of ether oxygens (including phenoxy) is 1. The number of benzene rings is 1. The number of aliphatic hydroxyl groups excluding tert-OH is 1. The van der Waals surface area contributed by atoms with E-state index in [2.05, 4.69) is 32.9 Å². The third-order valence-electron chi connectivity index (χ3n) is 5.08. The molecule has 4 nitrogen and oxygen atoms in total. The molecule has 1 aromatic carbocycles. The molecule has 0 amide bonds. The summed E-state index contributed by atoms with van der Waals surface area (Å²) in [7, 11) is 1.56. The Kier molecular flexibility index (Phi) is 8.72. The normalized spacial score (nSPS) is 16.5. The van der Waals surface area contributed by atoms with E-state index in [1.165, 1.54) is 17.2 Å². The van der Waals surface area contributed by atoms with E-state index in [0.29, 0.717) is 24.2 Å². The summed E-state index contributed by atoms with van der Waals surface area (Å²) in [6.07, 6.45) is 15.8. The number of aromatic hydroxyl groups is 1. The Bertz CT molecular complexity index is 909. The predicted molar refractivity (Wildman–Crippen MR) is 122 cm³/mol. The average molecular weight is 409 g/mol. The van der Waals surface area contributed by atoms with Crippen LogP contribution in [-0.2, 0) is 6.42 Å². The first-order valence-electron chi connectivity index (χ1n) is 10.3. The Hall–Kier alpha value is -3.01. The Labute approximate surface area is 179 Å². The van der Waals surface area contributed by atoms with Gasteiger partial charge >= 0.3 is 0 Å². The molecule has 0 saturated carbocycles. The molecular formula is C26H32O4. The fourth-order valence-corrected chi connectivity index (χ4v) is 3.24.